The zero-order valence-electron chi connectivity index (χ0n) is 18.2. The monoisotopic (exact) mass is 497 g/mol. The van der Waals surface area contributed by atoms with Crippen molar-refractivity contribution in [2.24, 2.45) is 0 Å². The zero-order valence-corrected chi connectivity index (χ0v) is 19.8. The highest BCUT2D eigenvalue weighted by molar-refractivity contribution is 7.98. The van der Waals surface area contributed by atoms with E-state index in [1.54, 1.807) is 24.5 Å². The maximum Gasteiger partial charge on any atom is 0.368 e. The van der Waals surface area contributed by atoms with Crippen molar-refractivity contribution in [1.29, 1.82) is 0 Å². The van der Waals surface area contributed by atoms with Crippen LogP contribution in [0.4, 0.5) is 8.78 Å². The number of unbranched alkanes of at least 4 members (excludes halogenated alkanes) is 1. The molecule has 0 radical (unpaired) electrons. The van der Waals surface area contributed by atoms with Crippen LogP contribution in [0.2, 0.25) is 0 Å². The van der Waals surface area contributed by atoms with Gasteiger partial charge in [-0.05, 0) is 48.4 Å². The van der Waals surface area contributed by atoms with E-state index in [0.29, 0.717) is 29.6 Å². The van der Waals surface area contributed by atoms with Crippen LogP contribution in [0.3, 0.4) is 0 Å². The molecule has 33 heavy (non-hydrogen) atoms. The fraction of sp³-hybridized carbons (Fsp3) is 0.348. The van der Waals surface area contributed by atoms with Gasteiger partial charge in [0.2, 0.25) is 15.9 Å². The standard InChI is InChI=1S/C23H25F2NO5S2/c1-3-4-5-16-10-17(14-6-8-15(24)9-7-14)18-11-21(32-2)20(31-13-19(25)23(27)28)12-22(18)33(29,30)26-16/h6-9,11-13,16-17,26H,3-5,10H2,1-2H3,(H,27,28)/b19-13-. The number of rotatable bonds is 8. The number of thioether (sulfide) groups is 1. The highest BCUT2D eigenvalue weighted by Crippen LogP contribution is 2.42. The minimum atomic E-state index is -3.95. The lowest BCUT2D eigenvalue weighted by molar-refractivity contribution is -0.134. The molecule has 1 aliphatic heterocycles. The number of hydrogen-bond acceptors (Lipinski definition) is 5. The highest BCUT2D eigenvalue weighted by Gasteiger charge is 2.34. The summed E-state index contributed by atoms with van der Waals surface area (Å²) in [6.45, 7) is 2.02. The van der Waals surface area contributed by atoms with Crippen molar-refractivity contribution < 1.29 is 31.8 Å². The molecule has 0 spiro atoms. The van der Waals surface area contributed by atoms with Crippen molar-refractivity contribution in [3.05, 3.63) is 65.4 Å². The van der Waals surface area contributed by atoms with Gasteiger partial charge in [-0.15, -0.1) is 11.8 Å². The number of fused-ring (bicyclic) bond motifs is 1. The quantitative estimate of drug-likeness (QED) is 0.296. The number of carboxylic acids is 1. The Bertz CT molecular complexity index is 1150. The van der Waals surface area contributed by atoms with Crippen LogP contribution in [0, 0.1) is 5.82 Å². The third-order valence-corrected chi connectivity index (χ3v) is 7.81. The second-order valence-electron chi connectivity index (χ2n) is 7.73. The van der Waals surface area contributed by atoms with E-state index in [0.717, 1.165) is 18.4 Å². The van der Waals surface area contributed by atoms with Crippen LogP contribution < -0.4 is 9.46 Å². The lowest BCUT2D eigenvalue weighted by Gasteiger charge is -2.22. The minimum absolute atomic E-state index is 0.0212. The van der Waals surface area contributed by atoms with Gasteiger partial charge in [0.05, 0.1) is 9.79 Å². The van der Waals surface area contributed by atoms with Gasteiger partial charge in [-0.1, -0.05) is 31.9 Å². The van der Waals surface area contributed by atoms with Gasteiger partial charge in [0.25, 0.3) is 0 Å². The Hall–Kier alpha value is -2.43. The summed E-state index contributed by atoms with van der Waals surface area (Å²) < 4.78 is 61.6. The van der Waals surface area contributed by atoms with Crippen LogP contribution >= 0.6 is 11.8 Å². The van der Waals surface area contributed by atoms with E-state index in [-0.39, 0.29) is 28.4 Å². The van der Waals surface area contributed by atoms with Gasteiger partial charge in [0, 0.05) is 18.0 Å². The summed E-state index contributed by atoms with van der Waals surface area (Å²) in [4.78, 5) is 11.2. The minimum Gasteiger partial charge on any atom is -0.476 e. The molecule has 2 atom stereocenters. The number of hydrogen-bond donors (Lipinski definition) is 2. The van der Waals surface area contributed by atoms with Crippen LogP contribution in [0.25, 0.3) is 0 Å². The Morgan fingerprint density at radius 1 is 1.30 bits per heavy atom. The predicted molar refractivity (Wildman–Crippen MR) is 122 cm³/mol. The second-order valence-corrected chi connectivity index (χ2v) is 10.3. The van der Waals surface area contributed by atoms with E-state index in [2.05, 4.69) is 4.72 Å². The Morgan fingerprint density at radius 3 is 2.61 bits per heavy atom. The third-order valence-electron chi connectivity index (χ3n) is 5.48. The Morgan fingerprint density at radius 2 is 2.00 bits per heavy atom. The average Bonchev–Trinajstić information content (AvgIpc) is 2.89. The lowest BCUT2D eigenvalue weighted by Crippen LogP contribution is -2.33. The molecule has 0 saturated heterocycles. The van der Waals surface area contributed by atoms with Crippen molar-refractivity contribution >= 4 is 27.8 Å². The molecule has 0 aliphatic carbocycles. The number of ether oxygens (including phenoxy) is 1. The van der Waals surface area contributed by atoms with Gasteiger partial charge < -0.3 is 9.84 Å². The van der Waals surface area contributed by atoms with Crippen molar-refractivity contribution in [3.8, 4) is 5.75 Å². The topological polar surface area (TPSA) is 92.7 Å². The van der Waals surface area contributed by atoms with Crippen LogP contribution in [0.15, 0.2) is 58.3 Å². The lowest BCUT2D eigenvalue weighted by atomic mass is 9.85. The van der Waals surface area contributed by atoms with Gasteiger partial charge in [-0.25, -0.2) is 22.3 Å². The fourth-order valence-corrected chi connectivity index (χ4v) is 5.97. The molecule has 6 nitrogen and oxygen atoms in total. The van der Waals surface area contributed by atoms with E-state index < -0.39 is 21.8 Å². The second kappa shape index (κ2) is 10.7. The molecule has 0 bridgehead atoms. The molecular weight excluding hydrogens is 472 g/mol. The average molecular weight is 498 g/mol. The van der Waals surface area contributed by atoms with Gasteiger partial charge >= 0.3 is 5.97 Å². The summed E-state index contributed by atoms with van der Waals surface area (Å²) in [5, 5.41) is 8.72. The first-order chi connectivity index (χ1) is 15.7. The first-order valence-corrected chi connectivity index (χ1v) is 13.1. The van der Waals surface area contributed by atoms with Crippen LogP contribution in [0.5, 0.6) is 5.75 Å². The number of halogens is 2. The van der Waals surface area contributed by atoms with E-state index >= 15 is 0 Å². The van der Waals surface area contributed by atoms with Crippen LogP contribution in [0.1, 0.15) is 49.7 Å². The highest BCUT2D eigenvalue weighted by atomic mass is 32.2. The molecule has 0 saturated carbocycles. The predicted octanol–water partition coefficient (Wildman–Crippen LogP) is 5.19. The van der Waals surface area contributed by atoms with Crippen molar-refractivity contribution in [2.75, 3.05) is 6.26 Å². The molecule has 2 N–H and O–H groups in total. The van der Waals surface area contributed by atoms with Crippen LogP contribution in [-0.2, 0) is 14.8 Å². The number of carbonyl (C=O) groups is 1. The maximum atomic E-state index is 13.6. The Balaban J connectivity index is 2.17. The van der Waals surface area contributed by atoms with E-state index in [1.807, 2.05) is 6.92 Å². The summed E-state index contributed by atoms with van der Waals surface area (Å²) in [7, 11) is -3.95. The van der Waals surface area contributed by atoms with Gasteiger partial charge in [0.1, 0.15) is 17.8 Å². The summed E-state index contributed by atoms with van der Waals surface area (Å²) in [5.74, 6) is -4.00. The van der Waals surface area contributed by atoms with Crippen molar-refractivity contribution in [3.63, 3.8) is 0 Å². The molecule has 2 aromatic rings. The third kappa shape index (κ3) is 5.93. The first kappa shape index (κ1) is 25.2. The fourth-order valence-electron chi connectivity index (χ4n) is 3.86. The SMILES string of the molecule is CCCCC1CC(c2ccc(F)cc2)c2cc(SC)c(O/C=C(\F)C(=O)O)cc2S(=O)(=O)N1. The molecule has 3 rings (SSSR count). The Kier molecular flexibility index (Phi) is 8.14. The molecule has 1 aliphatic rings. The summed E-state index contributed by atoms with van der Waals surface area (Å²) in [5.41, 5.74) is 1.29. The molecule has 0 aromatic heterocycles. The number of carboxylic acid groups (broad SMARTS) is 1. The Labute approximate surface area is 196 Å². The molecule has 1 heterocycles. The summed E-state index contributed by atoms with van der Waals surface area (Å²) >= 11 is 1.25. The van der Waals surface area contributed by atoms with Crippen molar-refractivity contribution in [1.82, 2.24) is 4.72 Å². The largest absolute Gasteiger partial charge is 0.476 e. The molecule has 10 heteroatoms. The number of benzene rings is 2. The van der Waals surface area contributed by atoms with Crippen molar-refractivity contribution in [2.45, 2.75) is 54.4 Å². The van der Waals surface area contributed by atoms with E-state index in [4.69, 9.17) is 9.84 Å². The molecule has 178 valence electrons. The zero-order chi connectivity index (χ0) is 24.2. The molecule has 2 unspecified atom stereocenters. The van der Waals surface area contributed by atoms with Gasteiger partial charge in [0.15, 0.2) is 0 Å². The van der Waals surface area contributed by atoms with Crippen LogP contribution in [-0.4, -0.2) is 31.8 Å². The van der Waals surface area contributed by atoms with E-state index in [9.17, 15) is 22.0 Å². The smallest absolute Gasteiger partial charge is 0.368 e. The summed E-state index contributed by atoms with van der Waals surface area (Å²) in [6.07, 6.45) is 5.05. The number of nitrogens with one attached hydrogen (secondary N) is 1. The molecule has 2 aromatic carbocycles. The maximum absolute atomic E-state index is 13.6. The number of sulfonamides is 1. The molecular formula is C23H25F2NO5S2. The normalized spacial score (nSPS) is 20.1. The van der Waals surface area contributed by atoms with Gasteiger partial charge in [-0.2, -0.15) is 4.39 Å². The van der Waals surface area contributed by atoms with E-state index in [1.165, 1.54) is 30.0 Å². The molecule has 0 fully saturated rings. The first-order valence-electron chi connectivity index (χ1n) is 10.4. The molecule has 0 amide bonds. The summed E-state index contributed by atoms with van der Waals surface area (Å²) in [6, 6.07) is 8.60. The number of aliphatic carboxylic acids is 1. The van der Waals surface area contributed by atoms with Gasteiger partial charge in [-0.3, -0.25) is 0 Å².